The maximum atomic E-state index is 13.7. The Bertz CT molecular complexity index is 1230. The standard InChI is InChI=1S/C27H31F2N3O4S/c28-27(29)18-31(19-27)25(33)21-13-15-30(16-14-21)26(34)22-11-12-24(20-7-3-1-4-8-20)32(17-22)37(35,36)23-9-5-2-6-10-23/h1-10,21-22,24H,11-19H2. The summed E-state index contributed by atoms with van der Waals surface area (Å²) in [5.41, 5.74) is 0.892. The van der Waals surface area contributed by atoms with Crippen molar-refractivity contribution >= 4 is 21.8 Å². The van der Waals surface area contributed by atoms with Crippen molar-refractivity contribution in [3.8, 4) is 0 Å². The van der Waals surface area contributed by atoms with Gasteiger partial charge in [-0.2, -0.15) is 4.31 Å². The molecule has 5 rings (SSSR count). The Morgan fingerprint density at radius 2 is 1.32 bits per heavy atom. The molecule has 0 saturated carbocycles. The third-order valence-corrected chi connectivity index (χ3v) is 9.62. The van der Waals surface area contributed by atoms with Crippen molar-refractivity contribution in [2.45, 2.75) is 42.5 Å². The molecule has 2 aromatic carbocycles. The number of piperidine rings is 2. The van der Waals surface area contributed by atoms with Crippen LogP contribution in [-0.4, -0.2) is 73.0 Å². The van der Waals surface area contributed by atoms with Crippen LogP contribution >= 0.6 is 0 Å². The summed E-state index contributed by atoms with van der Waals surface area (Å²) in [6.45, 7) is -0.243. The number of amides is 2. The largest absolute Gasteiger partial charge is 0.342 e. The van der Waals surface area contributed by atoms with Gasteiger partial charge in [0.05, 0.1) is 29.9 Å². The minimum atomic E-state index is -3.84. The van der Waals surface area contributed by atoms with Crippen molar-refractivity contribution < 1.29 is 26.8 Å². The van der Waals surface area contributed by atoms with Gasteiger partial charge in [0, 0.05) is 25.6 Å². The molecule has 10 heteroatoms. The van der Waals surface area contributed by atoms with E-state index in [0.29, 0.717) is 38.8 Å². The van der Waals surface area contributed by atoms with E-state index in [0.717, 1.165) is 5.56 Å². The molecule has 2 atom stereocenters. The van der Waals surface area contributed by atoms with Gasteiger partial charge >= 0.3 is 0 Å². The SMILES string of the molecule is O=C(C1CCC(c2ccccc2)N(S(=O)(=O)c2ccccc2)C1)N1CCC(C(=O)N2CC(F)(F)C2)CC1. The van der Waals surface area contributed by atoms with Gasteiger partial charge < -0.3 is 9.80 Å². The van der Waals surface area contributed by atoms with Crippen molar-refractivity contribution in [1.29, 1.82) is 0 Å². The summed E-state index contributed by atoms with van der Waals surface area (Å²) in [7, 11) is -3.84. The normalized spacial score (nSPS) is 24.9. The van der Waals surface area contributed by atoms with Crippen LogP contribution in [0.25, 0.3) is 0 Å². The average molecular weight is 532 g/mol. The number of sulfonamides is 1. The Morgan fingerprint density at radius 1 is 0.757 bits per heavy atom. The molecule has 0 aromatic heterocycles. The Labute approximate surface area is 216 Å². The molecule has 37 heavy (non-hydrogen) atoms. The number of alkyl halides is 2. The fraction of sp³-hybridized carbons (Fsp3) is 0.481. The van der Waals surface area contributed by atoms with Gasteiger partial charge in [-0.15, -0.1) is 0 Å². The van der Waals surface area contributed by atoms with Gasteiger partial charge in [-0.3, -0.25) is 9.59 Å². The van der Waals surface area contributed by atoms with Crippen molar-refractivity contribution in [2.24, 2.45) is 11.8 Å². The van der Waals surface area contributed by atoms with Crippen molar-refractivity contribution in [2.75, 3.05) is 32.7 Å². The smallest absolute Gasteiger partial charge is 0.282 e. The molecule has 0 radical (unpaired) electrons. The zero-order valence-corrected chi connectivity index (χ0v) is 21.3. The Hall–Kier alpha value is -2.85. The molecule has 0 N–H and O–H groups in total. The number of nitrogens with zero attached hydrogens (tertiary/aromatic N) is 3. The third kappa shape index (κ3) is 5.27. The van der Waals surface area contributed by atoms with Crippen LogP contribution in [-0.2, 0) is 19.6 Å². The van der Waals surface area contributed by atoms with Gasteiger partial charge in [-0.1, -0.05) is 48.5 Å². The van der Waals surface area contributed by atoms with E-state index < -0.39 is 35.0 Å². The molecule has 0 aliphatic carbocycles. The number of likely N-dealkylation sites (tertiary alicyclic amines) is 2. The average Bonchev–Trinajstić information content (AvgIpc) is 2.91. The van der Waals surface area contributed by atoms with E-state index in [-0.39, 0.29) is 35.2 Å². The van der Waals surface area contributed by atoms with E-state index in [1.165, 1.54) is 9.21 Å². The lowest BCUT2D eigenvalue weighted by Gasteiger charge is -2.43. The van der Waals surface area contributed by atoms with Gasteiger partial charge in [-0.05, 0) is 43.4 Å². The predicted octanol–water partition coefficient (Wildman–Crippen LogP) is 3.54. The molecule has 3 saturated heterocycles. The van der Waals surface area contributed by atoms with Crippen LogP contribution in [0.15, 0.2) is 65.6 Å². The number of carbonyl (C=O) groups excluding carboxylic acids is 2. The fourth-order valence-electron chi connectivity index (χ4n) is 5.67. The van der Waals surface area contributed by atoms with E-state index in [4.69, 9.17) is 0 Å². The van der Waals surface area contributed by atoms with Crippen LogP contribution in [0, 0.1) is 11.8 Å². The summed E-state index contributed by atoms with van der Waals surface area (Å²) in [4.78, 5) is 29.1. The highest BCUT2D eigenvalue weighted by Crippen LogP contribution is 2.38. The van der Waals surface area contributed by atoms with E-state index >= 15 is 0 Å². The molecule has 0 spiro atoms. The predicted molar refractivity (Wildman–Crippen MR) is 133 cm³/mol. The van der Waals surface area contributed by atoms with Crippen molar-refractivity contribution in [1.82, 2.24) is 14.1 Å². The molecule has 3 aliphatic rings. The van der Waals surface area contributed by atoms with E-state index in [1.54, 1.807) is 35.2 Å². The Balaban J connectivity index is 1.28. The van der Waals surface area contributed by atoms with Gasteiger partial charge in [-0.25, -0.2) is 17.2 Å². The number of carbonyl (C=O) groups is 2. The Morgan fingerprint density at radius 3 is 1.92 bits per heavy atom. The molecule has 3 aliphatic heterocycles. The summed E-state index contributed by atoms with van der Waals surface area (Å²) < 4.78 is 55.1. The molecular formula is C27H31F2N3O4S. The molecule has 198 valence electrons. The molecule has 3 heterocycles. The molecule has 7 nitrogen and oxygen atoms in total. The molecule has 2 unspecified atom stereocenters. The van der Waals surface area contributed by atoms with Crippen molar-refractivity contribution in [3.05, 3.63) is 66.2 Å². The fourth-order valence-corrected chi connectivity index (χ4v) is 7.38. The van der Waals surface area contributed by atoms with Crippen LogP contribution < -0.4 is 0 Å². The number of halogens is 2. The topological polar surface area (TPSA) is 78.0 Å². The molecule has 0 bridgehead atoms. The first-order chi connectivity index (χ1) is 17.7. The summed E-state index contributed by atoms with van der Waals surface area (Å²) in [6.07, 6.45) is 1.93. The maximum Gasteiger partial charge on any atom is 0.282 e. The van der Waals surface area contributed by atoms with Gasteiger partial charge in [0.2, 0.25) is 21.8 Å². The summed E-state index contributed by atoms with van der Waals surface area (Å²) in [5, 5.41) is 0. The highest BCUT2D eigenvalue weighted by molar-refractivity contribution is 7.89. The minimum absolute atomic E-state index is 0.0807. The Kier molecular flexibility index (Phi) is 7.06. The molecule has 2 amide bonds. The van der Waals surface area contributed by atoms with Crippen LogP contribution in [0.1, 0.15) is 37.3 Å². The van der Waals surface area contributed by atoms with Crippen molar-refractivity contribution in [3.63, 3.8) is 0 Å². The lowest BCUT2D eigenvalue weighted by atomic mass is 9.88. The maximum absolute atomic E-state index is 13.7. The van der Waals surface area contributed by atoms with E-state index in [2.05, 4.69) is 0 Å². The first kappa shape index (κ1) is 25.8. The number of benzene rings is 2. The monoisotopic (exact) mass is 531 g/mol. The second kappa shape index (κ2) is 10.1. The molecule has 3 fully saturated rings. The van der Waals surface area contributed by atoms with Gasteiger partial charge in [0.25, 0.3) is 5.92 Å². The zero-order valence-electron chi connectivity index (χ0n) is 20.5. The first-order valence-corrected chi connectivity index (χ1v) is 14.2. The van der Waals surface area contributed by atoms with E-state index in [1.807, 2.05) is 30.3 Å². The molecular weight excluding hydrogens is 500 g/mol. The van der Waals surface area contributed by atoms with Gasteiger partial charge in [0.1, 0.15) is 0 Å². The van der Waals surface area contributed by atoms with Crippen LogP contribution in [0.4, 0.5) is 8.78 Å². The lowest BCUT2D eigenvalue weighted by molar-refractivity contribution is -0.171. The van der Waals surface area contributed by atoms with Crippen LogP contribution in [0.2, 0.25) is 0 Å². The summed E-state index contributed by atoms with van der Waals surface area (Å²) in [6, 6.07) is 17.4. The highest BCUT2D eigenvalue weighted by Gasteiger charge is 2.48. The third-order valence-electron chi connectivity index (χ3n) is 7.73. The quantitative estimate of drug-likeness (QED) is 0.592. The number of rotatable bonds is 5. The summed E-state index contributed by atoms with van der Waals surface area (Å²) in [5.74, 6) is -4.01. The second-order valence-corrected chi connectivity index (χ2v) is 12.1. The zero-order chi connectivity index (χ0) is 26.2. The number of hydrogen-bond acceptors (Lipinski definition) is 4. The van der Waals surface area contributed by atoms with Gasteiger partial charge in [0.15, 0.2) is 0 Å². The van der Waals surface area contributed by atoms with Crippen LogP contribution in [0.3, 0.4) is 0 Å². The van der Waals surface area contributed by atoms with E-state index in [9.17, 15) is 26.8 Å². The highest BCUT2D eigenvalue weighted by atomic mass is 32.2. The second-order valence-electron chi connectivity index (χ2n) is 10.2. The minimum Gasteiger partial charge on any atom is -0.342 e. The summed E-state index contributed by atoms with van der Waals surface area (Å²) >= 11 is 0. The lowest BCUT2D eigenvalue weighted by Crippen LogP contribution is -2.60. The van der Waals surface area contributed by atoms with Crippen LogP contribution in [0.5, 0.6) is 0 Å². The number of hydrogen-bond donors (Lipinski definition) is 0. The first-order valence-electron chi connectivity index (χ1n) is 12.7. The molecule has 2 aromatic rings.